The summed E-state index contributed by atoms with van der Waals surface area (Å²) in [5.74, 6) is -20.1. The number of hydrogen-bond acceptors (Lipinski definition) is 32. The van der Waals surface area contributed by atoms with Crippen LogP contribution < -0.4 is 98.7 Å². The number of nitrogens with two attached hydrogens (primary N) is 2. The van der Waals surface area contributed by atoms with Crippen LogP contribution in [-0.2, 0) is 86.6 Å². The van der Waals surface area contributed by atoms with Gasteiger partial charge in [-0.1, -0.05) is 18.7 Å². The number of esters is 1. The molecule has 10 amide bonds. The zero-order valence-corrected chi connectivity index (χ0v) is 75.2. The van der Waals surface area contributed by atoms with E-state index in [1.807, 2.05) is 10.6 Å². The van der Waals surface area contributed by atoms with E-state index in [9.17, 15) is 112 Å². The average molecular weight is 1930 g/mol. The number of carbonyl (C=O) groups excluding carboxylic acids is 11. The first kappa shape index (κ1) is 102. The van der Waals surface area contributed by atoms with Gasteiger partial charge in [0.25, 0.3) is 23.7 Å². The molecule has 138 heavy (non-hydrogen) atoms. The summed E-state index contributed by atoms with van der Waals surface area (Å²) in [6, 6.07) is 2.71. The van der Waals surface area contributed by atoms with E-state index in [4.69, 9.17) is 45.3 Å². The highest BCUT2D eigenvalue weighted by Crippen LogP contribution is 2.39. The normalized spacial score (nSPS) is 16.0. The molecule has 2 unspecified atom stereocenters. The number of carbonyl (C=O) groups is 16. The number of aliphatic carboxylic acids is 5. The smallest absolute Gasteiger partial charge is 0.422 e. The van der Waals surface area contributed by atoms with Gasteiger partial charge in [-0.05, 0) is 106 Å². The van der Waals surface area contributed by atoms with Gasteiger partial charge in [-0.25, -0.2) is 39.1 Å². The Kier molecular flexibility index (Phi) is 34.4. The first-order chi connectivity index (χ1) is 65.7. The summed E-state index contributed by atoms with van der Waals surface area (Å²) in [4.78, 5) is 260. The van der Waals surface area contributed by atoms with Gasteiger partial charge in [0.2, 0.25) is 53.0 Å². The molecule has 49 nitrogen and oxygen atoms in total. The summed E-state index contributed by atoms with van der Waals surface area (Å²) in [5, 5.41) is 77.1. The van der Waals surface area contributed by atoms with Crippen molar-refractivity contribution < 1.29 is 135 Å². The number of hydrogen-bond donors (Lipinski definition) is 18. The number of imide groups is 1. The van der Waals surface area contributed by atoms with E-state index in [1.54, 1.807) is 29.8 Å². The summed E-state index contributed by atoms with van der Waals surface area (Å²) in [6.07, 6.45) is -2.61. The fraction of sp³-hybridized carbons (Fsp3) is 0.386. The minimum absolute atomic E-state index is 0.0121. The quantitative estimate of drug-likeness (QED) is 0.00336. The molecule has 0 saturated carbocycles. The molecule has 0 aliphatic carbocycles. The number of H-pyrrole nitrogens is 1. The van der Waals surface area contributed by atoms with E-state index in [0.29, 0.717) is 95.8 Å². The van der Waals surface area contributed by atoms with Crippen LogP contribution in [0.3, 0.4) is 0 Å². The Morgan fingerprint density at radius 1 is 0.659 bits per heavy atom. The third kappa shape index (κ3) is 27.0. The number of carboxylic acid groups (broad SMARTS) is 5. The van der Waals surface area contributed by atoms with Crippen LogP contribution in [0.1, 0.15) is 132 Å². The predicted octanol–water partition coefficient (Wildman–Crippen LogP) is -0.436. The van der Waals surface area contributed by atoms with Gasteiger partial charge in [0, 0.05) is 85.5 Å². The van der Waals surface area contributed by atoms with Gasteiger partial charge >= 0.3 is 41.4 Å². The summed E-state index contributed by atoms with van der Waals surface area (Å²) < 4.78 is 36.9. The third-order valence-electron chi connectivity index (χ3n) is 21.9. The Hall–Kier alpha value is -16.5. The number of ether oxygens (including phenoxy) is 6. The van der Waals surface area contributed by atoms with Crippen LogP contribution in [0.5, 0.6) is 28.7 Å². The zero-order chi connectivity index (χ0) is 100. The molecule has 11 rings (SSSR count). The topological polar surface area (TPSA) is 726 Å². The zero-order valence-electron chi connectivity index (χ0n) is 74.4. The number of aromatic nitrogens is 6. The second kappa shape index (κ2) is 46.5. The first-order valence-electron chi connectivity index (χ1n) is 42.9. The van der Waals surface area contributed by atoms with Crippen molar-refractivity contribution in [2.45, 2.75) is 164 Å². The standard InChI is InChI=1S/C88H98N20O29S/c1-41-24-48-37-94-55-30-65(63(133-5)28-50(55)82(125)107(48)38-41)135-23-8-6-7-22-134-64-29-52(89)49(27-62(64)132-4)81(124)108-39-42(2)25-60(108)87-136-61-17-15-46(26-51(61)86(131)137-87)98-68(110)19-21-106-69(111)34-66(83(106)126)138-40-59(85(129)130)105-79(122)58(33-72(116)117)104-78(121)57(32-71(114)115)103-76(119)53(10-9-20-92-88(90)91)101-77(120)56(31-70(112)113)100-67(109)18-16-54(84(127)128)102-75(118)44-11-13-45(14-12-44)93-35-47-36-95-74-73(99-47)80(123)97-43(3)96-74/h11-15,17,26-30,36-37,53-54,56-60,66,87H,1-2,6-10,16,18-25,31-35,38-40H2,3-5H3,(H19-,89,90,91,92,93,95,96,97,98,100,101,102,103,104,105,109,110,112,113,114,115,116,117,118,119,120,121,122,123,124,127,128,129,130)/p+1/t53-,54-,56-,57-,58-,59-,60-,66?,87?/m0/s1. The fourth-order valence-corrected chi connectivity index (χ4v) is 16.2. The Labute approximate surface area is 786 Å². The Morgan fingerprint density at radius 2 is 1.28 bits per heavy atom. The highest BCUT2D eigenvalue weighted by Gasteiger charge is 2.46. The summed E-state index contributed by atoms with van der Waals surface area (Å²) in [7, 11) is 2.89. The molecule has 0 bridgehead atoms. The van der Waals surface area contributed by atoms with Gasteiger partial charge in [-0.2, -0.15) is 4.57 Å². The second-order valence-corrected chi connectivity index (χ2v) is 33.4. The second-order valence-electron chi connectivity index (χ2n) is 32.2. The fourth-order valence-electron chi connectivity index (χ4n) is 15.0. The number of allylic oxidation sites excluding steroid dienone is 1. The predicted molar refractivity (Wildman–Crippen MR) is 483 cm³/mol. The number of aryl methyl sites for hydroxylation is 1. The number of unbranched alkanes of at least 4 members (excludes halogenated alkanes) is 2. The molecule has 2 fully saturated rings. The van der Waals surface area contributed by atoms with E-state index >= 15 is 0 Å². The number of benzene rings is 4. The molecule has 50 heteroatoms. The summed E-state index contributed by atoms with van der Waals surface area (Å²) in [5.41, 5.74) is 14.9. The number of anilines is 3. The number of nitrogens with one attached hydrogen (secondary N) is 11. The molecular weight excluding hydrogens is 1830 g/mol. The van der Waals surface area contributed by atoms with Crippen LogP contribution in [0.25, 0.3) is 22.1 Å². The number of likely N-dealkylation sites (tertiary alicyclic amines) is 2. The Morgan fingerprint density at radius 3 is 1.91 bits per heavy atom. The molecule has 0 spiro atoms. The van der Waals surface area contributed by atoms with Crippen LogP contribution in [0.2, 0.25) is 0 Å². The maximum Gasteiger partial charge on any atom is 0.422 e. The van der Waals surface area contributed by atoms with E-state index < -0.39 is 224 Å². The molecule has 4 aliphatic rings. The number of guanidine groups is 1. The highest BCUT2D eigenvalue weighted by atomic mass is 32.2. The molecule has 7 heterocycles. The lowest BCUT2D eigenvalue weighted by Gasteiger charge is -2.34. The van der Waals surface area contributed by atoms with Crippen molar-refractivity contribution in [1.29, 1.82) is 5.41 Å². The summed E-state index contributed by atoms with van der Waals surface area (Å²) in [6.45, 7) is 10.1. The van der Waals surface area contributed by atoms with Crippen LogP contribution in [0.4, 0.5) is 17.1 Å². The Bertz CT molecular complexity index is 6160. The minimum atomic E-state index is -2.27. The number of methoxy groups -OCH3 is 2. The minimum Gasteiger partial charge on any atom is -0.493 e. The van der Waals surface area contributed by atoms with Gasteiger partial charge in [-0.15, -0.1) is 11.8 Å². The molecule has 4 aliphatic heterocycles. The van der Waals surface area contributed by atoms with Crippen molar-refractivity contribution in [1.82, 2.24) is 71.9 Å². The molecule has 0 radical (unpaired) electrons. The molecule has 20 N–H and O–H groups in total. The molecule has 7 aromatic rings. The molecule has 9 atom stereocenters. The van der Waals surface area contributed by atoms with Crippen LogP contribution in [0, 0.1) is 12.3 Å². The third-order valence-corrected chi connectivity index (χ3v) is 23.2. The maximum absolute atomic E-state index is 14.4. The SMILES string of the molecule is C=C1C[C@@H](C2OC(=O)c3cc(NC(=O)CCN4C(=O)CC(SC[C@H](NC(=O)[C@H](CC(=O)O)NC(=O)[C@H](CC(=O)O)NC(=O)[C@H](CCCNC(=N)N)NC(=O)[C@H](CC(=O)O)NC(=O)CC[C@H](NC(=O)c5ccc(NCc6cnc7nc(C)[nH]c(=O)c7n6)cc5)C(=O)O)C(=O)O)C4=O)ccc3O2)N(C(=O)c2cc(OC)c(OCCCCCOc3cc4ncc5[n+](c(=O)c4cc3OC)CC(=C)C5)cc2N)C1. The number of rotatable bonds is 48. The lowest BCUT2D eigenvalue weighted by Crippen LogP contribution is -2.59. The summed E-state index contributed by atoms with van der Waals surface area (Å²) >= 11 is 0.560. The number of carboxylic acids is 5. The number of amides is 10. The molecular formula is C88H99N20O29S+. The lowest BCUT2D eigenvalue weighted by atomic mass is 10.1. The van der Waals surface area contributed by atoms with E-state index in [-0.39, 0.29) is 101 Å². The molecule has 2 saturated heterocycles. The molecule has 4 aromatic carbocycles. The van der Waals surface area contributed by atoms with Crippen molar-refractivity contribution in [3.05, 3.63) is 158 Å². The number of cyclic esters (lactones) is 1. The van der Waals surface area contributed by atoms with Crippen molar-refractivity contribution in [2.24, 2.45) is 5.73 Å². The number of aromatic amines is 1. The van der Waals surface area contributed by atoms with E-state index in [2.05, 4.69) is 75.3 Å². The van der Waals surface area contributed by atoms with Gasteiger partial charge < -0.3 is 123 Å². The maximum atomic E-state index is 14.4. The van der Waals surface area contributed by atoms with Crippen LogP contribution >= 0.6 is 11.8 Å². The van der Waals surface area contributed by atoms with Crippen molar-refractivity contribution in [3.63, 3.8) is 0 Å². The van der Waals surface area contributed by atoms with Crippen LogP contribution in [0.15, 0.2) is 113 Å². The van der Waals surface area contributed by atoms with E-state index in [1.165, 1.54) is 79.9 Å². The Balaban J connectivity index is 0.627. The van der Waals surface area contributed by atoms with Gasteiger partial charge in [0.1, 0.15) is 64.8 Å². The number of nitrogens with zero attached hydrogens (tertiary/aromatic N) is 7. The number of thioether (sulfide) groups is 1. The monoisotopic (exact) mass is 1930 g/mol. The van der Waals surface area contributed by atoms with Crippen LogP contribution in [-0.4, -0.2) is 268 Å². The van der Waals surface area contributed by atoms with Gasteiger partial charge in [0.15, 0.2) is 46.7 Å². The first-order valence-corrected chi connectivity index (χ1v) is 43.9. The number of fused-ring (bicyclic) bond motifs is 4. The van der Waals surface area contributed by atoms with Crippen molar-refractivity contribution in [3.8, 4) is 28.7 Å². The van der Waals surface area contributed by atoms with Crippen molar-refractivity contribution >= 4 is 152 Å². The molecule has 3 aromatic heterocycles. The highest BCUT2D eigenvalue weighted by molar-refractivity contribution is 8.00. The molecule has 730 valence electrons. The van der Waals surface area contributed by atoms with E-state index in [0.717, 1.165) is 16.2 Å². The van der Waals surface area contributed by atoms with Gasteiger partial charge in [-0.3, -0.25) is 77.4 Å². The lowest BCUT2D eigenvalue weighted by molar-refractivity contribution is -0.697. The van der Waals surface area contributed by atoms with Crippen molar-refractivity contribution in [2.75, 3.05) is 69.2 Å². The van der Waals surface area contributed by atoms with Gasteiger partial charge in [0.05, 0.1) is 94.1 Å². The number of nitrogen functional groups attached to an aromatic ring is 1. The average Bonchev–Trinajstić information content (AvgIpc) is 1.56. The largest absolute Gasteiger partial charge is 0.493 e.